The molecule has 17 heavy (non-hydrogen) atoms. The molecule has 5 nitrogen and oxygen atoms in total. The van der Waals surface area contributed by atoms with Gasteiger partial charge in [-0.25, -0.2) is 0 Å². The fraction of sp³-hybridized carbons (Fsp3) is 0.917. The number of likely N-dealkylation sites (N-methyl/N-ethyl adjacent to an activating group) is 1. The molecule has 0 amide bonds. The van der Waals surface area contributed by atoms with Gasteiger partial charge in [0.2, 0.25) is 0 Å². The van der Waals surface area contributed by atoms with Crippen LogP contribution in [0.5, 0.6) is 0 Å². The third kappa shape index (κ3) is 7.99. The summed E-state index contributed by atoms with van der Waals surface area (Å²) < 4.78 is 0. The van der Waals surface area contributed by atoms with Gasteiger partial charge in [-0.1, -0.05) is 25.9 Å². The number of nitrogens with one attached hydrogen (secondary N) is 1. The van der Waals surface area contributed by atoms with Gasteiger partial charge in [-0.05, 0) is 25.9 Å². The summed E-state index contributed by atoms with van der Waals surface area (Å²) >= 11 is 0. The van der Waals surface area contributed by atoms with Crippen LogP contribution in [0.2, 0.25) is 0 Å². The Hall–Kier alpha value is -0.810. The van der Waals surface area contributed by atoms with Crippen LogP contribution in [0.4, 0.5) is 0 Å². The zero-order valence-electron chi connectivity index (χ0n) is 11.4. The van der Waals surface area contributed by atoms with Crippen molar-refractivity contribution in [3.63, 3.8) is 0 Å². The van der Waals surface area contributed by atoms with Gasteiger partial charge in [0.15, 0.2) is 0 Å². The molecule has 1 atom stereocenters. The van der Waals surface area contributed by atoms with Crippen LogP contribution in [0, 0.1) is 0 Å². The van der Waals surface area contributed by atoms with E-state index in [1.807, 2.05) is 0 Å². The molecule has 0 radical (unpaired) electrons. The first-order valence-corrected chi connectivity index (χ1v) is 6.59. The third-order valence-electron chi connectivity index (χ3n) is 2.92. The molecule has 0 heterocycles. The van der Waals surface area contributed by atoms with Crippen LogP contribution in [0.1, 0.15) is 40.0 Å². The van der Waals surface area contributed by atoms with Crippen LogP contribution in [0.15, 0.2) is 5.16 Å². The van der Waals surface area contributed by atoms with Crippen molar-refractivity contribution in [2.24, 2.45) is 10.9 Å². The number of hydrogen-bond acceptors (Lipinski definition) is 4. The number of oxime groups is 1. The number of hydrogen-bond donors (Lipinski definition) is 3. The molecular weight excluding hydrogens is 216 g/mol. The summed E-state index contributed by atoms with van der Waals surface area (Å²) in [5.41, 5.74) is 5.50. The predicted molar refractivity (Wildman–Crippen MR) is 72.5 cm³/mol. The van der Waals surface area contributed by atoms with Crippen molar-refractivity contribution in [3.8, 4) is 0 Å². The van der Waals surface area contributed by atoms with E-state index in [0.29, 0.717) is 18.3 Å². The van der Waals surface area contributed by atoms with Crippen LogP contribution in [-0.2, 0) is 0 Å². The van der Waals surface area contributed by atoms with Gasteiger partial charge in [0, 0.05) is 25.6 Å². The minimum absolute atomic E-state index is 0.297. The highest BCUT2D eigenvalue weighted by molar-refractivity contribution is 5.80. The van der Waals surface area contributed by atoms with Crippen molar-refractivity contribution in [2.75, 3.05) is 26.2 Å². The molecule has 102 valence electrons. The van der Waals surface area contributed by atoms with E-state index in [9.17, 15) is 0 Å². The summed E-state index contributed by atoms with van der Waals surface area (Å²) in [6, 6.07) is 0.297. The van der Waals surface area contributed by atoms with E-state index in [0.717, 1.165) is 32.6 Å². The summed E-state index contributed by atoms with van der Waals surface area (Å²) in [6.45, 7) is 10.7. The SMILES string of the molecule is CCCN(CC)CCNC(CC)CC(N)=NO. The lowest BCUT2D eigenvalue weighted by molar-refractivity contribution is 0.281. The quantitative estimate of drug-likeness (QED) is 0.234. The molecule has 4 N–H and O–H groups in total. The van der Waals surface area contributed by atoms with E-state index in [4.69, 9.17) is 10.9 Å². The maximum absolute atomic E-state index is 8.53. The number of nitrogens with zero attached hydrogens (tertiary/aromatic N) is 2. The second-order valence-corrected chi connectivity index (χ2v) is 4.29. The van der Waals surface area contributed by atoms with Gasteiger partial charge in [-0.2, -0.15) is 0 Å². The molecule has 0 aromatic carbocycles. The van der Waals surface area contributed by atoms with Crippen LogP contribution < -0.4 is 11.1 Å². The Morgan fingerprint density at radius 2 is 2.06 bits per heavy atom. The minimum atomic E-state index is 0.297. The molecule has 1 unspecified atom stereocenters. The summed E-state index contributed by atoms with van der Waals surface area (Å²) in [5.74, 6) is 0.297. The second kappa shape index (κ2) is 10.4. The molecule has 0 aliphatic rings. The lowest BCUT2D eigenvalue weighted by Crippen LogP contribution is -2.39. The topological polar surface area (TPSA) is 73.9 Å². The first kappa shape index (κ1) is 16.2. The smallest absolute Gasteiger partial charge is 0.140 e. The Morgan fingerprint density at radius 3 is 2.53 bits per heavy atom. The van der Waals surface area contributed by atoms with Gasteiger partial charge < -0.3 is 21.2 Å². The summed E-state index contributed by atoms with van der Waals surface area (Å²) in [6.07, 6.45) is 2.78. The van der Waals surface area contributed by atoms with Crippen molar-refractivity contribution in [2.45, 2.75) is 46.1 Å². The molecule has 0 aromatic heterocycles. The molecule has 0 spiro atoms. The Bertz CT molecular complexity index is 209. The molecule has 0 fully saturated rings. The van der Waals surface area contributed by atoms with E-state index >= 15 is 0 Å². The lowest BCUT2D eigenvalue weighted by Gasteiger charge is -2.22. The normalized spacial score (nSPS) is 14.2. The first-order chi connectivity index (χ1) is 8.17. The van der Waals surface area contributed by atoms with Crippen molar-refractivity contribution >= 4 is 5.84 Å². The molecule has 0 aliphatic carbocycles. The van der Waals surface area contributed by atoms with Gasteiger partial charge in [0.05, 0.1) is 0 Å². The summed E-state index contributed by atoms with van der Waals surface area (Å²) in [5, 5.41) is 15.0. The Balaban J connectivity index is 3.82. The maximum atomic E-state index is 8.53. The van der Waals surface area contributed by atoms with Gasteiger partial charge in [-0.3, -0.25) is 0 Å². The molecule has 0 saturated heterocycles. The Kier molecular flexibility index (Phi) is 9.86. The van der Waals surface area contributed by atoms with Gasteiger partial charge >= 0.3 is 0 Å². The predicted octanol–water partition coefficient (Wildman–Crippen LogP) is 1.22. The number of nitrogens with two attached hydrogens (primary N) is 1. The first-order valence-electron chi connectivity index (χ1n) is 6.59. The lowest BCUT2D eigenvalue weighted by atomic mass is 10.1. The van der Waals surface area contributed by atoms with E-state index in [2.05, 4.69) is 36.1 Å². The second-order valence-electron chi connectivity index (χ2n) is 4.29. The molecular formula is C12H28N4O. The van der Waals surface area contributed by atoms with Crippen LogP contribution >= 0.6 is 0 Å². The zero-order chi connectivity index (χ0) is 13.1. The molecule has 0 bridgehead atoms. The van der Waals surface area contributed by atoms with Gasteiger partial charge in [0.1, 0.15) is 5.84 Å². The molecule has 0 rings (SSSR count). The molecule has 0 saturated carbocycles. The van der Waals surface area contributed by atoms with Crippen molar-refractivity contribution in [1.82, 2.24) is 10.2 Å². The fourth-order valence-electron chi connectivity index (χ4n) is 1.83. The van der Waals surface area contributed by atoms with E-state index < -0.39 is 0 Å². The molecule has 5 heteroatoms. The van der Waals surface area contributed by atoms with E-state index in [1.54, 1.807) is 0 Å². The molecule has 0 aliphatic heterocycles. The Labute approximate surface area is 105 Å². The average molecular weight is 244 g/mol. The third-order valence-corrected chi connectivity index (χ3v) is 2.92. The summed E-state index contributed by atoms with van der Waals surface area (Å²) in [4.78, 5) is 2.42. The van der Waals surface area contributed by atoms with Crippen LogP contribution in [0.3, 0.4) is 0 Å². The summed E-state index contributed by atoms with van der Waals surface area (Å²) in [7, 11) is 0. The minimum Gasteiger partial charge on any atom is -0.409 e. The number of amidine groups is 1. The highest BCUT2D eigenvalue weighted by Crippen LogP contribution is 1.97. The monoisotopic (exact) mass is 244 g/mol. The van der Waals surface area contributed by atoms with Gasteiger partial charge in [-0.15, -0.1) is 0 Å². The Morgan fingerprint density at radius 1 is 1.35 bits per heavy atom. The average Bonchev–Trinajstić information content (AvgIpc) is 2.35. The standard InChI is InChI=1S/C12H28N4O/c1-4-8-16(6-3)9-7-14-11(5-2)10-12(13)15-17/h11,14,17H,4-10H2,1-3H3,(H2,13,15). The maximum Gasteiger partial charge on any atom is 0.140 e. The fourth-order valence-corrected chi connectivity index (χ4v) is 1.83. The van der Waals surface area contributed by atoms with E-state index in [1.165, 1.54) is 6.42 Å². The zero-order valence-corrected chi connectivity index (χ0v) is 11.4. The van der Waals surface area contributed by atoms with Crippen LogP contribution in [-0.4, -0.2) is 48.2 Å². The highest BCUT2D eigenvalue weighted by atomic mass is 16.4. The number of rotatable bonds is 10. The largest absolute Gasteiger partial charge is 0.409 e. The van der Waals surface area contributed by atoms with Crippen molar-refractivity contribution in [3.05, 3.63) is 0 Å². The highest BCUT2D eigenvalue weighted by Gasteiger charge is 2.08. The molecule has 0 aromatic rings. The van der Waals surface area contributed by atoms with Crippen molar-refractivity contribution < 1.29 is 5.21 Å². The van der Waals surface area contributed by atoms with Crippen molar-refractivity contribution in [1.29, 1.82) is 0 Å². The van der Waals surface area contributed by atoms with Gasteiger partial charge in [0.25, 0.3) is 0 Å². The van der Waals surface area contributed by atoms with Crippen LogP contribution in [0.25, 0.3) is 0 Å². The van der Waals surface area contributed by atoms with E-state index in [-0.39, 0.29) is 0 Å².